The summed E-state index contributed by atoms with van der Waals surface area (Å²) < 4.78 is 1.59. The SMILES string of the molecule is CCCN(Cc1ccc(-c2ccccc2-c2nn[n]([Tl])n2)cc1)C(=N)SC(=N)[N+](=O)[O-]. The molecule has 3 rings (SSSR count). The molecule has 0 radical (unpaired) electrons. The third-order valence-corrected chi connectivity index (χ3v) is 6.02. The van der Waals surface area contributed by atoms with Crippen molar-refractivity contribution in [3.05, 3.63) is 64.2 Å². The normalized spacial score (nSPS) is 10.6. The van der Waals surface area contributed by atoms with Crippen LogP contribution in [0.1, 0.15) is 18.9 Å². The molecule has 0 spiro atoms. The molecule has 12 heteroatoms. The minimum Gasteiger partial charge on any atom is -0.357 e. The van der Waals surface area contributed by atoms with Gasteiger partial charge in [0.2, 0.25) is 0 Å². The van der Waals surface area contributed by atoms with Gasteiger partial charge in [-0.2, -0.15) is 0 Å². The zero-order valence-electron chi connectivity index (χ0n) is 16.7. The molecule has 2 N–H and O–H groups in total. The summed E-state index contributed by atoms with van der Waals surface area (Å²) in [6.07, 6.45) is 0.786. The molecule has 1 heterocycles. The van der Waals surface area contributed by atoms with E-state index < -0.39 is 10.1 Å². The van der Waals surface area contributed by atoms with Gasteiger partial charge in [0.25, 0.3) is 0 Å². The van der Waals surface area contributed by atoms with Crippen molar-refractivity contribution in [1.82, 2.24) is 22.9 Å². The molecular formula is C19H19N8O2STl. The van der Waals surface area contributed by atoms with Crippen LogP contribution in [0.5, 0.6) is 0 Å². The number of hydrogen-bond acceptors (Lipinski definition) is 8. The van der Waals surface area contributed by atoms with Crippen LogP contribution in [-0.2, 0) is 6.54 Å². The first-order valence-corrected chi connectivity index (χ1v) is 12.2. The maximum absolute atomic E-state index is 10.7. The number of hydrogen-bond donors (Lipinski definition) is 2. The monoisotopic (exact) mass is 628 g/mol. The number of thioether (sulfide) groups is 1. The summed E-state index contributed by atoms with van der Waals surface area (Å²) in [5.74, 6) is 0.593. The molecule has 0 amide bonds. The van der Waals surface area contributed by atoms with Gasteiger partial charge in [-0.15, -0.1) is 0 Å². The Labute approximate surface area is 199 Å². The molecule has 31 heavy (non-hydrogen) atoms. The van der Waals surface area contributed by atoms with Gasteiger partial charge in [-0.05, 0) is 11.3 Å². The molecule has 0 unspecified atom stereocenters. The molecule has 0 bridgehead atoms. The topological polar surface area (TPSA) is 138 Å². The Morgan fingerprint density at radius 1 is 1.19 bits per heavy atom. The van der Waals surface area contributed by atoms with Gasteiger partial charge >= 0.3 is 149 Å². The average Bonchev–Trinajstić information content (AvgIpc) is 3.20. The Hall–Kier alpha value is -2.68. The standard InChI is InChI=1S/C19H19N8O2S.Tl/c1-2-11-26(18(20)30-19(21)27(28)29)12-13-7-9-14(10-8-13)15-5-3-4-6-16(15)17-22-24-25-23-17;/h3-10,20-21H,2,11-12H2,1H3;/q-1;+1. The van der Waals surface area contributed by atoms with Crippen LogP contribution in [0.2, 0.25) is 0 Å². The average molecular weight is 628 g/mol. The second kappa shape index (κ2) is 10.6. The van der Waals surface area contributed by atoms with Crippen molar-refractivity contribution in [3.8, 4) is 22.5 Å². The van der Waals surface area contributed by atoms with Crippen LogP contribution in [0, 0.1) is 20.9 Å². The van der Waals surface area contributed by atoms with Gasteiger partial charge in [-0.25, -0.2) is 0 Å². The number of nitro groups is 1. The Morgan fingerprint density at radius 2 is 1.87 bits per heavy atom. The predicted molar refractivity (Wildman–Crippen MR) is 121 cm³/mol. The van der Waals surface area contributed by atoms with E-state index >= 15 is 0 Å². The van der Waals surface area contributed by atoms with Crippen LogP contribution in [0.15, 0.2) is 48.5 Å². The van der Waals surface area contributed by atoms with Crippen molar-refractivity contribution in [3.63, 3.8) is 0 Å². The molecule has 0 aliphatic heterocycles. The Morgan fingerprint density at radius 3 is 2.45 bits per heavy atom. The fourth-order valence-corrected chi connectivity index (χ4v) is 4.16. The quantitative estimate of drug-likeness (QED) is 0.141. The summed E-state index contributed by atoms with van der Waals surface area (Å²) in [6.45, 7) is 2.99. The van der Waals surface area contributed by atoms with Crippen LogP contribution >= 0.6 is 11.8 Å². The van der Waals surface area contributed by atoms with Crippen molar-refractivity contribution in [2.75, 3.05) is 6.54 Å². The van der Waals surface area contributed by atoms with E-state index in [-0.39, 0.29) is 5.17 Å². The Balaban J connectivity index is 1.79. The van der Waals surface area contributed by atoms with E-state index in [1.54, 1.807) is 7.51 Å². The van der Waals surface area contributed by atoms with Crippen molar-refractivity contribution < 1.29 is 4.92 Å². The van der Waals surface area contributed by atoms with E-state index in [1.807, 2.05) is 55.5 Å². The Bertz CT molecular complexity index is 1100. The van der Waals surface area contributed by atoms with E-state index in [1.165, 1.54) is 0 Å². The summed E-state index contributed by atoms with van der Waals surface area (Å²) in [5, 5.41) is 38.0. The first-order chi connectivity index (χ1) is 14.9. The first kappa shape index (κ1) is 23.0. The molecule has 0 fully saturated rings. The van der Waals surface area contributed by atoms with Gasteiger partial charge in [0.05, 0.1) is 0 Å². The van der Waals surface area contributed by atoms with Crippen LogP contribution in [0.3, 0.4) is 0 Å². The minimum absolute atomic E-state index is 0.00374. The second-order valence-electron chi connectivity index (χ2n) is 6.57. The third kappa shape index (κ3) is 5.94. The fourth-order valence-electron chi connectivity index (χ4n) is 2.99. The summed E-state index contributed by atoms with van der Waals surface area (Å²) in [5.41, 5.74) is 3.89. The molecule has 156 valence electrons. The molecule has 0 saturated heterocycles. The molecule has 10 nitrogen and oxygen atoms in total. The fraction of sp³-hybridized carbons (Fsp3) is 0.211. The number of nitrogens with zero attached hydrogens (tertiary/aromatic N) is 6. The Kier molecular flexibility index (Phi) is 7.84. The van der Waals surface area contributed by atoms with Crippen molar-refractivity contribution in [2.45, 2.75) is 19.9 Å². The minimum atomic E-state index is -0.788. The summed E-state index contributed by atoms with van der Waals surface area (Å²) in [7, 11) is 0. The summed E-state index contributed by atoms with van der Waals surface area (Å²) in [6, 6.07) is 15.8. The molecule has 0 atom stereocenters. The van der Waals surface area contributed by atoms with Gasteiger partial charge in [-0.1, -0.05) is 12.3 Å². The van der Waals surface area contributed by atoms with Gasteiger partial charge in [0, 0.05) is 11.8 Å². The first-order valence-electron chi connectivity index (χ1n) is 9.37. The summed E-state index contributed by atoms with van der Waals surface area (Å²) >= 11 is 1.01. The van der Waals surface area contributed by atoms with E-state index in [0.29, 0.717) is 56.7 Å². The van der Waals surface area contributed by atoms with E-state index in [4.69, 9.17) is 10.8 Å². The number of benzene rings is 2. The molecule has 3 aromatic rings. The van der Waals surface area contributed by atoms with Crippen molar-refractivity contribution in [2.24, 2.45) is 0 Å². The molecule has 2 aromatic carbocycles. The summed E-state index contributed by atoms with van der Waals surface area (Å²) in [4.78, 5) is 11.7. The van der Waals surface area contributed by atoms with Crippen molar-refractivity contribution in [1.29, 1.82) is 10.8 Å². The molecule has 0 aliphatic carbocycles. The zero-order chi connectivity index (χ0) is 22.4. The van der Waals surface area contributed by atoms with Gasteiger partial charge in [0.1, 0.15) is 0 Å². The van der Waals surface area contributed by atoms with Gasteiger partial charge in [-0.3, -0.25) is 5.41 Å². The number of rotatable bonds is 6. The van der Waals surface area contributed by atoms with Crippen LogP contribution in [0.4, 0.5) is 0 Å². The zero-order valence-corrected chi connectivity index (χ0v) is 22.0. The number of amidine groups is 2. The van der Waals surface area contributed by atoms with Gasteiger partial charge in [0.15, 0.2) is 0 Å². The molecule has 1 aromatic heterocycles. The van der Waals surface area contributed by atoms with Crippen LogP contribution < -0.4 is 0 Å². The van der Waals surface area contributed by atoms with E-state index in [0.717, 1.165) is 28.7 Å². The van der Waals surface area contributed by atoms with Crippen LogP contribution in [-0.4, -0.2) is 70.8 Å². The number of nitrogens with one attached hydrogen (secondary N) is 2. The number of aromatic nitrogens is 4. The smallest absolute Gasteiger partial charge is 0.357 e. The molecular weight excluding hydrogens is 609 g/mol. The molecule has 0 saturated carbocycles. The number of tetrazole rings is 1. The van der Waals surface area contributed by atoms with Crippen molar-refractivity contribution >= 4 is 48.2 Å². The van der Waals surface area contributed by atoms with Crippen LogP contribution in [0.25, 0.3) is 22.5 Å². The third-order valence-electron chi connectivity index (χ3n) is 4.37. The molecule has 0 aliphatic rings. The predicted octanol–water partition coefficient (Wildman–Crippen LogP) is 3.03. The van der Waals surface area contributed by atoms with E-state index in [9.17, 15) is 10.1 Å². The maximum atomic E-state index is 10.7. The second-order valence-corrected chi connectivity index (χ2v) is 9.34. The van der Waals surface area contributed by atoms with Gasteiger partial charge < -0.3 is 10.1 Å². The van der Waals surface area contributed by atoms with E-state index in [2.05, 4.69) is 15.4 Å².